The average Bonchev–Trinajstić information content (AvgIpc) is 3.09. The summed E-state index contributed by atoms with van der Waals surface area (Å²) in [7, 11) is 0. The lowest BCUT2D eigenvalue weighted by Gasteiger charge is -2.11. The van der Waals surface area contributed by atoms with Gasteiger partial charge in [-0.05, 0) is 30.5 Å². The van der Waals surface area contributed by atoms with Crippen LogP contribution in [0.5, 0.6) is 0 Å². The fraction of sp³-hybridized carbons (Fsp3) is 0.154. The molecule has 1 atom stereocenters. The number of rotatable bonds is 4. The zero-order chi connectivity index (χ0) is 14.5. The van der Waals surface area contributed by atoms with Crippen molar-refractivity contribution in [2.24, 2.45) is 0 Å². The third-order valence-corrected chi connectivity index (χ3v) is 3.23. The minimum atomic E-state index is -0.999. The van der Waals surface area contributed by atoms with E-state index in [1.165, 1.54) is 30.6 Å². The van der Waals surface area contributed by atoms with E-state index in [0.717, 1.165) is 0 Å². The summed E-state index contributed by atoms with van der Waals surface area (Å²) < 4.78 is 9.83. The maximum absolute atomic E-state index is 11.9. The van der Waals surface area contributed by atoms with Gasteiger partial charge in [0.1, 0.15) is 11.1 Å². The number of hydrogen-bond donors (Lipinski definition) is 1. The summed E-state index contributed by atoms with van der Waals surface area (Å²) in [5.41, 5.74) is 0.368. The maximum Gasteiger partial charge on any atom is 0.374 e. The van der Waals surface area contributed by atoms with Gasteiger partial charge in [0, 0.05) is 0 Å². The van der Waals surface area contributed by atoms with Gasteiger partial charge in [0.2, 0.25) is 5.76 Å². The van der Waals surface area contributed by atoms with Crippen LogP contribution in [-0.4, -0.2) is 18.0 Å². The van der Waals surface area contributed by atoms with E-state index in [2.05, 4.69) is 5.32 Å². The van der Waals surface area contributed by atoms with Gasteiger partial charge < -0.3 is 14.5 Å². The summed E-state index contributed by atoms with van der Waals surface area (Å²) in [6.07, 6.45) is 0.341. The zero-order valence-corrected chi connectivity index (χ0v) is 11.3. The number of hydrogen-bond acceptors (Lipinski definition) is 6. The van der Waals surface area contributed by atoms with Crippen molar-refractivity contribution in [3.05, 3.63) is 41.2 Å². The third kappa shape index (κ3) is 3.05. The molecule has 7 heteroatoms. The third-order valence-electron chi connectivity index (χ3n) is 2.40. The van der Waals surface area contributed by atoms with Gasteiger partial charge >= 0.3 is 5.97 Å². The summed E-state index contributed by atoms with van der Waals surface area (Å²) in [6.45, 7) is 1.44. The quantitative estimate of drug-likeness (QED) is 0.873. The van der Waals surface area contributed by atoms with Crippen molar-refractivity contribution in [2.45, 2.75) is 13.0 Å². The second-order valence-corrected chi connectivity index (χ2v) is 4.71. The van der Waals surface area contributed by atoms with Crippen molar-refractivity contribution in [1.29, 1.82) is 5.26 Å². The number of nitrogens with one attached hydrogen (secondary N) is 1. The first-order chi connectivity index (χ1) is 9.61. The van der Waals surface area contributed by atoms with Crippen LogP contribution in [0.3, 0.4) is 0 Å². The molecule has 0 saturated carbocycles. The van der Waals surface area contributed by atoms with Gasteiger partial charge in [-0.25, -0.2) is 4.79 Å². The van der Waals surface area contributed by atoms with Crippen LogP contribution in [0.15, 0.2) is 34.3 Å². The molecular weight excluding hydrogens is 280 g/mol. The molecule has 0 aromatic carbocycles. The molecule has 0 bridgehead atoms. The average molecular weight is 290 g/mol. The maximum atomic E-state index is 11.9. The summed E-state index contributed by atoms with van der Waals surface area (Å²) in [4.78, 5) is 23.5. The summed E-state index contributed by atoms with van der Waals surface area (Å²) >= 11 is 1.22. The van der Waals surface area contributed by atoms with Gasteiger partial charge in [0.05, 0.1) is 11.8 Å². The molecule has 102 valence electrons. The minimum Gasteiger partial charge on any atom is -0.457 e. The van der Waals surface area contributed by atoms with Crippen molar-refractivity contribution in [3.8, 4) is 6.07 Å². The number of carbonyl (C=O) groups is 2. The van der Waals surface area contributed by atoms with E-state index in [1.54, 1.807) is 17.5 Å². The molecule has 1 N–H and O–H groups in total. The number of carbonyl (C=O) groups excluding carboxylic acids is 2. The predicted octanol–water partition coefficient (Wildman–Crippen LogP) is 2.40. The van der Waals surface area contributed by atoms with Crippen LogP contribution in [0.2, 0.25) is 0 Å². The second kappa shape index (κ2) is 6.04. The van der Waals surface area contributed by atoms with Gasteiger partial charge in [-0.3, -0.25) is 4.79 Å². The number of ether oxygens (including phenoxy) is 1. The number of esters is 1. The highest BCUT2D eigenvalue weighted by molar-refractivity contribution is 7.14. The summed E-state index contributed by atoms with van der Waals surface area (Å²) in [6, 6.07) is 6.55. The Bertz CT molecular complexity index is 654. The number of thiophene rings is 1. The first kappa shape index (κ1) is 13.8. The number of furan rings is 1. The smallest absolute Gasteiger partial charge is 0.374 e. The monoisotopic (exact) mass is 290 g/mol. The fourth-order valence-electron chi connectivity index (χ4n) is 1.37. The van der Waals surface area contributed by atoms with Crippen LogP contribution in [0.4, 0.5) is 5.00 Å². The first-order valence-electron chi connectivity index (χ1n) is 5.64. The van der Waals surface area contributed by atoms with E-state index < -0.39 is 18.0 Å². The lowest BCUT2D eigenvalue weighted by Crippen LogP contribution is -2.29. The molecule has 0 radical (unpaired) electrons. The van der Waals surface area contributed by atoms with E-state index in [0.29, 0.717) is 10.6 Å². The van der Waals surface area contributed by atoms with Crippen LogP contribution in [0, 0.1) is 11.3 Å². The molecule has 2 aromatic heterocycles. The topological polar surface area (TPSA) is 92.3 Å². The Kier molecular flexibility index (Phi) is 4.17. The molecule has 2 heterocycles. The Labute approximate surface area is 118 Å². The number of nitrogens with zero attached hydrogens (tertiary/aromatic N) is 1. The van der Waals surface area contributed by atoms with Gasteiger partial charge in [-0.1, -0.05) is 0 Å². The molecule has 0 fully saturated rings. The SMILES string of the molecule is CC(OC(=O)c1ccco1)C(=O)Nc1sccc1C#N. The van der Waals surface area contributed by atoms with Gasteiger partial charge in [0.15, 0.2) is 6.10 Å². The molecule has 2 aromatic rings. The molecule has 0 aliphatic carbocycles. The van der Waals surface area contributed by atoms with Crippen LogP contribution in [0.25, 0.3) is 0 Å². The Morgan fingerprint density at radius 2 is 2.30 bits per heavy atom. The van der Waals surface area contributed by atoms with Crippen molar-refractivity contribution < 1.29 is 18.7 Å². The molecule has 0 spiro atoms. The predicted molar refractivity (Wildman–Crippen MR) is 71.2 cm³/mol. The van der Waals surface area contributed by atoms with Crippen LogP contribution in [0.1, 0.15) is 23.0 Å². The van der Waals surface area contributed by atoms with Gasteiger partial charge in [-0.2, -0.15) is 5.26 Å². The van der Waals surface area contributed by atoms with Crippen molar-refractivity contribution in [3.63, 3.8) is 0 Å². The standard InChI is InChI=1S/C13H10N2O4S/c1-8(19-13(17)10-3-2-5-18-10)11(16)15-12-9(7-14)4-6-20-12/h2-6,8H,1H3,(H,15,16). The minimum absolute atomic E-state index is 0.0264. The van der Waals surface area contributed by atoms with Crippen molar-refractivity contribution in [2.75, 3.05) is 5.32 Å². The molecule has 1 unspecified atom stereocenters. The molecule has 1 amide bonds. The van der Waals surface area contributed by atoms with Gasteiger partial charge in [-0.15, -0.1) is 11.3 Å². The lowest BCUT2D eigenvalue weighted by atomic mass is 10.3. The molecule has 6 nitrogen and oxygen atoms in total. The van der Waals surface area contributed by atoms with Crippen LogP contribution in [-0.2, 0) is 9.53 Å². The highest BCUT2D eigenvalue weighted by atomic mass is 32.1. The molecule has 20 heavy (non-hydrogen) atoms. The Balaban J connectivity index is 1.96. The molecular formula is C13H10N2O4S. The summed E-state index contributed by atoms with van der Waals surface area (Å²) in [5, 5.41) is 13.5. The van der Waals surface area contributed by atoms with Crippen LogP contribution < -0.4 is 5.32 Å². The largest absolute Gasteiger partial charge is 0.457 e. The molecule has 0 saturated heterocycles. The Morgan fingerprint density at radius 3 is 2.95 bits per heavy atom. The van der Waals surface area contributed by atoms with E-state index in [4.69, 9.17) is 14.4 Å². The van der Waals surface area contributed by atoms with E-state index >= 15 is 0 Å². The van der Waals surface area contributed by atoms with Gasteiger partial charge in [0.25, 0.3) is 5.91 Å². The number of amides is 1. The van der Waals surface area contributed by atoms with Crippen molar-refractivity contribution >= 4 is 28.2 Å². The number of nitriles is 1. The normalized spacial score (nSPS) is 11.4. The van der Waals surface area contributed by atoms with Crippen LogP contribution >= 0.6 is 11.3 Å². The Morgan fingerprint density at radius 1 is 1.50 bits per heavy atom. The summed E-state index contributed by atoms with van der Waals surface area (Å²) in [5.74, 6) is -1.20. The van der Waals surface area contributed by atoms with Crippen molar-refractivity contribution in [1.82, 2.24) is 0 Å². The first-order valence-corrected chi connectivity index (χ1v) is 6.52. The highest BCUT2D eigenvalue weighted by Crippen LogP contribution is 2.22. The fourth-order valence-corrected chi connectivity index (χ4v) is 2.11. The van der Waals surface area contributed by atoms with E-state index in [1.807, 2.05) is 6.07 Å². The molecule has 2 rings (SSSR count). The molecule has 0 aliphatic heterocycles. The van der Waals surface area contributed by atoms with E-state index in [9.17, 15) is 9.59 Å². The lowest BCUT2D eigenvalue weighted by molar-refractivity contribution is -0.123. The second-order valence-electron chi connectivity index (χ2n) is 3.79. The Hall–Kier alpha value is -2.59. The zero-order valence-electron chi connectivity index (χ0n) is 10.5. The highest BCUT2D eigenvalue weighted by Gasteiger charge is 2.21. The molecule has 0 aliphatic rings. The van der Waals surface area contributed by atoms with E-state index in [-0.39, 0.29) is 5.76 Å². The number of anilines is 1.